The van der Waals surface area contributed by atoms with E-state index in [2.05, 4.69) is 5.32 Å². The van der Waals surface area contributed by atoms with Gasteiger partial charge in [-0.2, -0.15) is 0 Å². The van der Waals surface area contributed by atoms with E-state index in [1.165, 1.54) is 0 Å². The maximum Gasteiger partial charge on any atom is 0.225 e. The summed E-state index contributed by atoms with van der Waals surface area (Å²) >= 11 is 0. The van der Waals surface area contributed by atoms with Gasteiger partial charge in [0.1, 0.15) is 0 Å². The molecule has 0 unspecified atom stereocenters. The monoisotopic (exact) mass is 265 g/mol. The van der Waals surface area contributed by atoms with Crippen molar-refractivity contribution in [2.24, 2.45) is 0 Å². The van der Waals surface area contributed by atoms with Crippen molar-refractivity contribution >= 4 is 17.3 Å². The van der Waals surface area contributed by atoms with E-state index in [9.17, 15) is 4.79 Å². The summed E-state index contributed by atoms with van der Waals surface area (Å²) in [7, 11) is 0. The highest BCUT2D eigenvalue weighted by molar-refractivity contribution is 5.92. The van der Waals surface area contributed by atoms with Crippen LogP contribution in [-0.4, -0.2) is 42.2 Å². The van der Waals surface area contributed by atoms with Gasteiger partial charge in [-0.1, -0.05) is 13.0 Å². The first-order chi connectivity index (χ1) is 9.06. The maximum absolute atomic E-state index is 11.9. The minimum Gasteiger partial charge on any atom is -0.399 e. The fourth-order valence-corrected chi connectivity index (χ4v) is 1.82. The number of aliphatic hydroxyl groups excluding tert-OH is 1. The Morgan fingerprint density at radius 1 is 1.42 bits per heavy atom. The molecule has 0 fully saturated rings. The summed E-state index contributed by atoms with van der Waals surface area (Å²) in [6, 6.07) is 5.46. The third-order valence-corrected chi connectivity index (χ3v) is 3.05. The average Bonchev–Trinajstić information content (AvgIpc) is 2.39. The van der Waals surface area contributed by atoms with Gasteiger partial charge in [0.05, 0.1) is 6.61 Å². The number of nitrogens with one attached hydrogen (secondary N) is 1. The van der Waals surface area contributed by atoms with Gasteiger partial charge < -0.3 is 21.1 Å². The highest BCUT2D eigenvalue weighted by Crippen LogP contribution is 2.18. The van der Waals surface area contributed by atoms with E-state index < -0.39 is 0 Å². The number of rotatable bonds is 7. The molecule has 1 aromatic rings. The number of anilines is 2. The van der Waals surface area contributed by atoms with Gasteiger partial charge in [0, 0.05) is 30.9 Å². The van der Waals surface area contributed by atoms with Gasteiger partial charge in [0.2, 0.25) is 5.91 Å². The highest BCUT2D eigenvalue weighted by Gasteiger charge is 2.08. The first-order valence-corrected chi connectivity index (χ1v) is 6.56. The predicted octanol–water partition coefficient (Wildman–Crippen LogP) is 1.22. The molecule has 1 aromatic carbocycles. The molecule has 0 spiro atoms. The lowest BCUT2D eigenvalue weighted by Gasteiger charge is -2.18. The van der Waals surface area contributed by atoms with Crippen LogP contribution in [0.15, 0.2) is 18.2 Å². The number of likely N-dealkylation sites (N-methyl/N-ethyl adjacent to an activating group) is 1. The van der Waals surface area contributed by atoms with Gasteiger partial charge in [0.25, 0.3) is 0 Å². The van der Waals surface area contributed by atoms with Crippen LogP contribution in [-0.2, 0) is 4.79 Å². The Balaban J connectivity index is 2.48. The molecule has 1 amide bonds. The molecule has 0 aliphatic heterocycles. The predicted molar refractivity (Wildman–Crippen MR) is 78.0 cm³/mol. The summed E-state index contributed by atoms with van der Waals surface area (Å²) in [5, 5.41) is 11.7. The largest absolute Gasteiger partial charge is 0.399 e. The first kappa shape index (κ1) is 15.5. The van der Waals surface area contributed by atoms with Crippen LogP contribution in [0.3, 0.4) is 0 Å². The summed E-state index contributed by atoms with van der Waals surface area (Å²) < 4.78 is 0. The number of nitrogen functional groups attached to an aromatic ring is 1. The number of nitrogens with zero attached hydrogens (tertiary/aromatic N) is 1. The van der Waals surface area contributed by atoms with E-state index in [1.54, 1.807) is 6.07 Å². The van der Waals surface area contributed by atoms with Crippen LogP contribution in [0.1, 0.15) is 18.9 Å². The Labute approximate surface area is 114 Å². The highest BCUT2D eigenvalue weighted by atomic mass is 16.3. The molecular weight excluding hydrogens is 242 g/mol. The molecule has 0 aliphatic carbocycles. The Morgan fingerprint density at radius 3 is 2.79 bits per heavy atom. The molecule has 0 saturated carbocycles. The normalized spacial score (nSPS) is 10.7. The molecule has 0 aromatic heterocycles. The third kappa shape index (κ3) is 5.28. The lowest BCUT2D eigenvalue weighted by atomic mass is 10.2. The zero-order valence-electron chi connectivity index (χ0n) is 11.6. The van der Waals surface area contributed by atoms with Crippen LogP contribution in [0.4, 0.5) is 11.4 Å². The second kappa shape index (κ2) is 7.76. The molecule has 0 aliphatic rings. The van der Waals surface area contributed by atoms with E-state index >= 15 is 0 Å². The van der Waals surface area contributed by atoms with Crippen LogP contribution in [0.2, 0.25) is 0 Å². The summed E-state index contributed by atoms with van der Waals surface area (Å²) in [6.07, 6.45) is 0.405. The van der Waals surface area contributed by atoms with E-state index in [0.717, 1.165) is 17.8 Å². The molecule has 106 valence electrons. The molecule has 0 saturated heterocycles. The second-order valence-electron chi connectivity index (χ2n) is 4.53. The first-order valence-electron chi connectivity index (χ1n) is 6.56. The molecule has 0 bridgehead atoms. The standard InChI is InChI=1S/C14H23N3O2/c1-3-17(8-9-18)7-6-14(19)16-13-10-12(15)5-4-11(13)2/h4-5,10,18H,3,6-9,15H2,1-2H3,(H,16,19). The Morgan fingerprint density at radius 2 is 2.16 bits per heavy atom. The number of hydrogen-bond donors (Lipinski definition) is 3. The van der Waals surface area contributed by atoms with E-state index in [4.69, 9.17) is 10.8 Å². The van der Waals surface area contributed by atoms with E-state index in [0.29, 0.717) is 25.2 Å². The Hall–Kier alpha value is -1.59. The molecule has 5 heteroatoms. The summed E-state index contributed by atoms with van der Waals surface area (Å²) in [5.41, 5.74) is 8.09. The zero-order chi connectivity index (χ0) is 14.3. The van der Waals surface area contributed by atoms with Gasteiger partial charge in [-0.05, 0) is 31.2 Å². The van der Waals surface area contributed by atoms with Crippen molar-refractivity contribution < 1.29 is 9.90 Å². The van der Waals surface area contributed by atoms with Crippen molar-refractivity contribution in [3.63, 3.8) is 0 Å². The number of benzene rings is 1. The number of hydrogen-bond acceptors (Lipinski definition) is 4. The van der Waals surface area contributed by atoms with Gasteiger partial charge in [-0.15, -0.1) is 0 Å². The Kier molecular flexibility index (Phi) is 6.32. The maximum atomic E-state index is 11.9. The summed E-state index contributed by atoms with van der Waals surface area (Å²) in [4.78, 5) is 13.9. The quantitative estimate of drug-likeness (QED) is 0.648. The van der Waals surface area contributed by atoms with Crippen molar-refractivity contribution in [3.05, 3.63) is 23.8 Å². The van der Waals surface area contributed by atoms with E-state index in [1.807, 2.05) is 30.9 Å². The number of aryl methyl sites for hydroxylation is 1. The van der Waals surface area contributed by atoms with Crippen molar-refractivity contribution in [2.75, 3.05) is 37.3 Å². The lowest BCUT2D eigenvalue weighted by molar-refractivity contribution is -0.116. The van der Waals surface area contributed by atoms with Gasteiger partial charge in [-0.25, -0.2) is 0 Å². The second-order valence-corrected chi connectivity index (χ2v) is 4.53. The van der Waals surface area contributed by atoms with Crippen molar-refractivity contribution in [1.82, 2.24) is 4.90 Å². The smallest absolute Gasteiger partial charge is 0.225 e. The molecular formula is C14H23N3O2. The minimum absolute atomic E-state index is 0.0370. The zero-order valence-corrected chi connectivity index (χ0v) is 11.6. The molecule has 5 nitrogen and oxygen atoms in total. The summed E-state index contributed by atoms with van der Waals surface area (Å²) in [5.74, 6) is -0.0370. The fraction of sp³-hybridized carbons (Fsp3) is 0.500. The van der Waals surface area contributed by atoms with Gasteiger partial charge in [0.15, 0.2) is 0 Å². The van der Waals surface area contributed by atoms with Gasteiger partial charge in [-0.3, -0.25) is 4.79 Å². The van der Waals surface area contributed by atoms with Crippen LogP contribution in [0, 0.1) is 6.92 Å². The topological polar surface area (TPSA) is 78.6 Å². The fourth-order valence-electron chi connectivity index (χ4n) is 1.82. The van der Waals surface area contributed by atoms with Crippen molar-refractivity contribution in [3.8, 4) is 0 Å². The number of carbonyl (C=O) groups is 1. The van der Waals surface area contributed by atoms with Crippen molar-refractivity contribution in [1.29, 1.82) is 0 Å². The molecule has 4 N–H and O–H groups in total. The van der Waals surface area contributed by atoms with Crippen LogP contribution in [0.25, 0.3) is 0 Å². The minimum atomic E-state index is -0.0370. The summed E-state index contributed by atoms with van der Waals surface area (Å²) in [6.45, 7) is 6.12. The third-order valence-electron chi connectivity index (χ3n) is 3.05. The van der Waals surface area contributed by atoms with E-state index in [-0.39, 0.29) is 12.5 Å². The number of amides is 1. The van der Waals surface area contributed by atoms with Crippen molar-refractivity contribution in [2.45, 2.75) is 20.3 Å². The SMILES string of the molecule is CCN(CCO)CCC(=O)Nc1cc(N)ccc1C. The molecule has 19 heavy (non-hydrogen) atoms. The molecule has 0 atom stereocenters. The Bertz CT molecular complexity index is 421. The molecule has 1 rings (SSSR count). The van der Waals surface area contributed by atoms with Crippen LogP contribution in [0.5, 0.6) is 0 Å². The molecule has 0 heterocycles. The number of aliphatic hydroxyl groups is 1. The van der Waals surface area contributed by atoms with Gasteiger partial charge >= 0.3 is 0 Å². The number of nitrogens with two attached hydrogens (primary N) is 1. The van der Waals surface area contributed by atoms with Crippen LogP contribution < -0.4 is 11.1 Å². The van der Waals surface area contributed by atoms with Crippen LogP contribution >= 0.6 is 0 Å². The average molecular weight is 265 g/mol. The number of carbonyl (C=O) groups excluding carboxylic acids is 1. The molecule has 0 radical (unpaired) electrons. The lowest BCUT2D eigenvalue weighted by Crippen LogP contribution is -2.30.